The second kappa shape index (κ2) is 9.75. The summed E-state index contributed by atoms with van der Waals surface area (Å²) in [4.78, 5) is 19.9. The van der Waals surface area contributed by atoms with E-state index in [1.807, 2.05) is 0 Å². The van der Waals surface area contributed by atoms with Crippen LogP contribution in [0.5, 0.6) is 0 Å². The van der Waals surface area contributed by atoms with Crippen LogP contribution in [0.4, 0.5) is 11.4 Å². The zero-order valence-electron chi connectivity index (χ0n) is 17.2. The smallest absolute Gasteiger partial charge is 0.238 e. The molecule has 3 aliphatic heterocycles. The molecular weight excluding hydrogens is 348 g/mol. The lowest BCUT2D eigenvalue weighted by atomic mass is 10.0. The van der Waals surface area contributed by atoms with Crippen LogP contribution in [0.25, 0.3) is 0 Å². The van der Waals surface area contributed by atoms with Gasteiger partial charge in [-0.2, -0.15) is 0 Å². The maximum Gasteiger partial charge on any atom is 0.238 e. The molecule has 3 aliphatic rings. The molecule has 1 amide bonds. The van der Waals surface area contributed by atoms with Crippen molar-refractivity contribution in [3.63, 3.8) is 0 Å². The monoisotopic (exact) mass is 384 g/mol. The van der Waals surface area contributed by atoms with E-state index in [0.717, 1.165) is 37.9 Å². The number of amides is 1. The zero-order chi connectivity index (χ0) is 19.2. The number of benzene rings is 1. The number of carbonyl (C=O) groups is 1. The maximum atomic E-state index is 12.5. The second-order valence-electron chi connectivity index (χ2n) is 8.75. The molecule has 4 rings (SSSR count). The normalized spacial score (nSPS) is 22.9. The molecule has 0 spiro atoms. The minimum absolute atomic E-state index is 0.113. The van der Waals surface area contributed by atoms with Crippen molar-refractivity contribution < 1.29 is 4.79 Å². The van der Waals surface area contributed by atoms with Gasteiger partial charge in [-0.25, -0.2) is 0 Å². The third-order valence-corrected chi connectivity index (χ3v) is 6.70. The standard InChI is InChI=1S/C23H36N4O/c28-23(19-25-17-11-22(12-18-25)27-15-5-6-16-27)24-20-7-9-21(10-8-20)26-13-3-1-2-4-14-26/h7-10,22H,1-6,11-19H2,(H,24,28). The Labute approximate surface area is 170 Å². The van der Waals surface area contributed by atoms with Gasteiger partial charge in [0.05, 0.1) is 6.54 Å². The molecule has 1 aromatic carbocycles. The molecule has 0 aromatic heterocycles. The SMILES string of the molecule is O=C(CN1CCC(N2CCCC2)CC1)Nc1ccc(N2CCCCCC2)cc1. The molecule has 1 aromatic rings. The van der Waals surface area contributed by atoms with Gasteiger partial charge in [0.2, 0.25) is 5.91 Å². The van der Waals surface area contributed by atoms with Crippen LogP contribution in [0.2, 0.25) is 0 Å². The molecule has 3 heterocycles. The molecule has 0 atom stereocenters. The molecule has 1 N–H and O–H groups in total. The fourth-order valence-electron chi connectivity index (χ4n) is 5.04. The number of likely N-dealkylation sites (tertiary alicyclic amines) is 2. The first kappa shape index (κ1) is 19.7. The third kappa shape index (κ3) is 5.26. The summed E-state index contributed by atoms with van der Waals surface area (Å²) in [6.07, 6.45) is 10.4. The predicted molar refractivity (Wildman–Crippen MR) is 116 cm³/mol. The summed E-state index contributed by atoms with van der Waals surface area (Å²) < 4.78 is 0. The maximum absolute atomic E-state index is 12.5. The fraction of sp³-hybridized carbons (Fsp3) is 0.696. The average molecular weight is 385 g/mol. The van der Waals surface area contributed by atoms with Crippen LogP contribution in [-0.2, 0) is 4.79 Å². The van der Waals surface area contributed by atoms with Crippen LogP contribution in [0.1, 0.15) is 51.4 Å². The zero-order valence-corrected chi connectivity index (χ0v) is 17.2. The van der Waals surface area contributed by atoms with Crippen LogP contribution in [0, 0.1) is 0 Å². The van der Waals surface area contributed by atoms with Gasteiger partial charge >= 0.3 is 0 Å². The molecule has 0 unspecified atom stereocenters. The van der Waals surface area contributed by atoms with Gasteiger partial charge in [0.15, 0.2) is 0 Å². The number of piperidine rings is 1. The van der Waals surface area contributed by atoms with E-state index < -0.39 is 0 Å². The Balaban J connectivity index is 1.21. The van der Waals surface area contributed by atoms with E-state index in [1.165, 1.54) is 70.1 Å². The van der Waals surface area contributed by atoms with E-state index in [2.05, 4.69) is 44.3 Å². The van der Waals surface area contributed by atoms with E-state index >= 15 is 0 Å². The van der Waals surface area contributed by atoms with E-state index in [9.17, 15) is 4.79 Å². The lowest BCUT2D eigenvalue weighted by Crippen LogP contribution is -2.45. The van der Waals surface area contributed by atoms with Crippen molar-refractivity contribution in [2.24, 2.45) is 0 Å². The Hall–Kier alpha value is -1.59. The summed E-state index contributed by atoms with van der Waals surface area (Å²) in [6, 6.07) is 9.16. The highest BCUT2D eigenvalue weighted by Gasteiger charge is 2.27. The number of hydrogen-bond donors (Lipinski definition) is 1. The van der Waals surface area contributed by atoms with E-state index in [1.54, 1.807) is 0 Å². The fourth-order valence-corrected chi connectivity index (χ4v) is 5.04. The van der Waals surface area contributed by atoms with E-state index in [0.29, 0.717) is 6.54 Å². The highest BCUT2D eigenvalue weighted by atomic mass is 16.2. The molecule has 28 heavy (non-hydrogen) atoms. The summed E-state index contributed by atoms with van der Waals surface area (Å²) in [6.45, 7) is 7.46. The van der Waals surface area contributed by atoms with Crippen molar-refractivity contribution >= 4 is 17.3 Å². The van der Waals surface area contributed by atoms with Gasteiger partial charge in [-0.05, 0) is 75.9 Å². The van der Waals surface area contributed by atoms with Gasteiger partial charge in [0.1, 0.15) is 0 Å². The van der Waals surface area contributed by atoms with E-state index in [-0.39, 0.29) is 5.91 Å². The van der Waals surface area contributed by atoms with Gasteiger partial charge in [-0.1, -0.05) is 12.8 Å². The number of rotatable bonds is 5. The molecule has 154 valence electrons. The van der Waals surface area contributed by atoms with Crippen molar-refractivity contribution in [2.75, 3.05) is 56.0 Å². The van der Waals surface area contributed by atoms with Gasteiger partial charge in [0, 0.05) is 43.6 Å². The van der Waals surface area contributed by atoms with Crippen molar-refractivity contribution in [3.05, 3.63) is 24.3 Å². The van der Waals surface area contributed by atoms with Crippen molar-refractivity contribution in [3.8, 4) is 0 Å². The van der Waals surface area contributed by atoms with Crippen molar-refractivity contribution in [1.82, 2.24) is 9.80 Å². The first-order chi connectivity index (χ1) is 13.8. The molecule has 3 fully saturated rings. The number of carbonyl (C=O) groups excluding carboxylic acids is 1. The Morgan fingerprint density at radius 3 is 2.07 bits per heavy atom. The van der Waals surface area contributed by atoms with Gasteiger partial charge in [-0.15, -0.1) is 0 Å². The molecular formula is C23H36N4O. The Morgan fingerprint density at radius 1 is 0.821 bits per heavy atom. The van der Waals surface area contributed by atoms with E-state index in [4.69, 9.17) is 0 Å². The van der Waals surface area contributed by atoms with Crippen LogP contribution in [0.15, 0.2) is 24.3 Å². The van der Waals surface area contributed by atoms with Gasteiger partial charge in [0.25, 0.3) is 0 Å². The summed E-state index contributed by atoms with van der Waals surface area (Å²) >= 11 is 0. The predicted octanol–water partition coefficient (Wildman–Crippen LogP) is 3.57. The van der Waals surface area contributed by atoms with Gasteiger partial charge < -0.3 is 15.1 Å². The van der Waals surface area contributed by atoms with Gasteiger partial charge in [-0.3, -0.25) is 9.69 Å². The molecule has 5 nitrogen and oxygen atoms in total. The van der Waals surface area contributed by atoms with Crippen molar-refractivity contribution in [2.45, 2.75) is 57.4 Å². The lowest BCUT2D eigenvalue weighted by Gasteiger charge is -2.36. The van der Waals surface area contributed by atoms with Crippen LogP contribution in [0.3, 0.4) is 0 Å². The summed E-state index contributed by atoms with van der Waals surface area (Å²) in [5, 5.41) is 3.09. The largest absolute Gasteiger partial charge is 0.372 e. The minimum Gasteiger partial charge on any atom is -0.372 e. The van der Waals surface area contributed by atoms with Crippen LogP contribution >= 0.6 is 0 Å². The first-order valence-electron chi connectivity index (χ1n) is 11.4. The molecule has 0 saturated carbocycles. The average Bonchev–Trinajstić information content (AvgIpc) is 3.12. The topological polar surface area (TPSA) is 38.8 Å². The number of anilines is 2. The molecule has 3 saturated heterocycles. The minimum atomic E-state index is 0.113. The quantitative estimate of drug-likeness (QED) is 0.842. The molecule has 0 radical (unpaired) electrons. The summed E-state index contributed by atoms with van der Waals surface area (Å²) in [5.74, 6) is 0.113. The Bertz CT molecular complexity index is 610. The number of hydrogen-bond acceptors (Lipinski definition) is 4. The van der Waals surface area contributed by atoms with Crippen molar-refractivity contribution in [1.29, 1.82) is 0 Å². The first-order valence-corrected chi connectivity index (χ1v) is 11.4. The molecule has 0 bridgehead atoms. The highest BCUT2D eigenvalue weighted by Crippen LogP contribution is 2.23. The summed E-state index contributed by atoms with van der Waals surface area (Å²) in [7, 11) is 0. The number of nitrogens with one attached hydrogen (secondary N) is 1. The molecule has 5 heteroatoms. The summed E-state index contributed by atoms with van der Waals surface area (Å²) in [5.41, 5.74) is 2.19. The highest BCUT2D eigenvalue weighted by molar-refractivity contribution is 5.92. The lowest BCUT2D eigenvalue weighted by molar-refractivity contribution is -0.117. The second-order valence-corrected chi connectivity index (χ2v) is 8.75. The van der Waals surface area contributed by atoms with Crippen LogP contribution in [-0.4, -0.2) is 67.6 Å². The van der Waals surface area contributed by atoms with Crippen LogP contribution < -0.4 is 10.2 Å². The molecule has 0 aliphatic carbocycles. The Kier molecular flexibility index (Phi) is 6.86. The third-order valence-electron chi connectivity index (χ3n) is 6.70. The number of nitrogens with zero attached hydrogens (tertiary/aromatic N) is 3. The Morgan fingerprint density at radius 2 is 1.43 bits per heavy atom.